The van der Waals surface area contributed by atoms with Crippen molar-refractivity contribution in [3.8, 4) is 0 Å². The van der Waals surface area contributed by atoms with Gasteiger partial charge in [-0.05, 0) is 73.2 Å². The minimum Gasteiger partial charge on any atom is -0.481 e. The van der Waals surface area contributed by atoms with Crippen LogP contribution >= 0.6 is 0 Å². The average Bonchev–Trinajstić information content (AvgIpc) is 3.52. The highest BCUT2D eigenvalue weighted by atomic mass is 32.2. The Hall–Kier alpha value is -3.83. The molecule has 0 bridgehead atoms. The monoisotopic (exact) mass is 546 g/mol. The van der Waals surface area contributed by atoms with E-state index in [0.29, 0.717) is 18.0 Å². The molecule has 2 aliphatic heterocycles. The maximum atomic E-state index is 13.8. The van der Waals surface area contributed by atoms with Crippen LogP contribution in [0.15, 0.2) is 59.8 Å². The van der Waals surface area contributed by atoms with Gasteiger partial charge in [0.05, 0.1) is 6.42 Å². The van der Waals surface area contributed by atoms with Crippen LogP contribution in [0.25, 0.3) is 5.65 Å². The van der Waals surface area contributed by atoms with Gasteiger partial charge in [-0.2, -0.15) is 4.31 Å². The number of aryl methyl sites for hydroxylation is 2. The molecule has 10 nitrogen and oxygen atoms in total. The first-order valence-electron chi connectivity index (χ1n) is 13.1. The molecule has 0 spiro atoms. The predicted octanol–water partition coefficient (Wildman–Crippen LogP) is 3.52. The van der Waals surface area contributed by atoms with Gasteiger partial charge in [-0.15, -0.1) is 10.2 Å². The average molecular weight is 547 g/mol. The van der Waals surface area contributed by atoms with Crippen molar-refractivity contribution in [1.29, 1.82) is 0 Å². The van der Waals surface area contributed by atoms with Gasteiger partial charge in [0.15, 0.2) is 5.65 Å². The van der Waals surface area contributed by atoms with Gasteiger partial charge in [-0.25, -0.2) is 13.4 Å². The fraction of sp³-hybridized carbons (Fsp3) is 0.357. The normalized spacial score (nSPS) is 19.4. The van der Waals surface area contributed by atoms with Crippen molar-refractivity contribution in [2.24, 2.45) is 0 Å². The van der Waals surface area contributed by atoms with Crippen LogP contribution in [-0.2, 0) is 21.4 Å². The molecule has 2 aliphatic rings. The van der Waals surface area contributed by atoms with Crippen molar-refractivity contribution in [3.63, 3.8) is 0 Å². The second-order valence-corrected chi connectivity index (χ2v) is 12.3. The van der Waals surface area contributed by atoms with Crippen LogP contribution in [0.5, 0.6) is 0 Å². The summed E-state index contributed by atoms with van der Waals surface area (Å²) < 4.78 is 31.1. The van der Waals surface area contributed by atoms with Gasteiger partial charge in [-0.3, -0.25) is 9.20 Å². The van der Waals surface area contributed by atoms with Gasteiger partial charge in [0.2, 0.25) is 10.0 Å². The Labute approximate surface area is 227 Å². The van der Waals surface area contributed by atoms with Gasteiger partial charge in [0.25, 0.3) is 0 Å². The van der Waals surface area contributed by atoms with E-state index < -0.39 is 21.9 Å². The molecule has 0 aliphatic carbocycles. The Morgan fingerprint density at radius 3 is 2.77 bits per heavy atom. The van der Waals surface area contributed by atoms with Crippen molar-refractivity contribution in [2.75, 3.05) is 18.0 Å². The third kappa shape index (κ3) is 4.55. The largest absolute Gasteiger partial charge is 0.481 e. The highest BCUT2D eigenvalue weighted by Gasteiger charge is 2.40. The molecule has 1 aromatic carbocycles. The quantitative estimate of drug-likeness (QED) is 0.390. The number of carboxylic acid groups (broad SMARTS) is 1. The Morgan fingerprint density at radius 1 is 1.13 bits per heavy atom. The van der Waals surface area contributed by atoms with Gasteiger partial charge in [-0.1, -0.05) is 18.2 Å². The second kappa shape index (κ2) is 9.73. The van der Waals surface area contributed by atoms with E-state index in [1.165, 1.54) is 0 Å². The van der Waals surface area contributed by atoms with E-state index in [4.69, 9.17) is 0 Å². The lowest BCUT2D eigenvalue weighted by molar-refractivity contribution is -0.137. The van der Waals surface area contributed by atoms with Crippen LogP contribution in [0.3, 0.4) is 0 Å². The molecule has 6 rings (SSSR count). The summed E-state index contributed by atoms with van der Waals surface area (Å²) in [4.78, 5) is 18.7. The van der Waals surface area contributed by atoms with Gasteiger partial charge in [0, 0.05) is 44.0 Å². The lowest BCUT2D eigenvalue weighted by Crippen LogP contribution is -2.39. The van der Waals surface area contributed by atoms with E-state index >= 15 is 0 Å². The lowest BCUT2D eigenvalue weighted by Gasteiger charge is -2.26. The highest BCUT2D eigenvalue weighted by molar-refractivity contribution is 7.89. The van der Waals surface area contributed by atoms with E-state index in [0.717, 1.165) is 47.5 Å². The number of sulfonamides is 1. The third-order valence-corrected chi connectivity index (χ3v) is 9.77. The minimum atomic E-state index is -3.79. The van der Waals surface area contributed by atoms with E-state index in [9.17, 15) is 18.3 Å². The topological polar surface area (TPSA) is 121 Å². The predicted molar refractivity (Wildman–Crippen MR) is 145 cm³/mol. The molecule has 5 heterocycles. The molecule has 39 heavy (non-hydrogen) atoms. The third-order valence-electron chi connectivity index (χ3n) is 7.94. The van der Waals surface area contributed by atoms with Crippen LogP contribution in [0, 0.1) is 13.8 Å². The summed E-state index contributed by atoms with van der Waals surface area (Å²) in [5.41, 5.74) is 4.08. The molecule has 0 saturated carbocycles. The fourth-order valence-corrected chi connectivity index (χ4v) is 7.45. The van der Waals surface area contributed by atoms with Crippen molar-refractivity contribution in [3.05, 3.63) is 82.9 Å². The molecule has 202 valence electrons. The minimum absolute atomic E-state index is 0.0671. The van der Waals surface area contributed by atoms with Crippen molar-refractivity contribution < 1.29 is 18.3 Å². The standard InChI is InChI=1S/C28H30N6O4S/c1-18-7-8-20(24(15-27(35)36)21-9-12-33-19(2)30-31-26(33)14-21)13-22(18)16-32-17-23-5-4-11-34(23)28-25(39(32,37)38)6-3-10-29-28/h3,6-10,12-14,23-24H,4-5,11,15-17H2,1-2H3,(H,35,36)/t23-,24+/m1/s1. The molecular weight excluding hydrogens is 516 g/mol. The number of aromatic nitrogens is 4. The first-order valence-corrected chi connectivity index (χ1v) is 14.5. The van der Waals surface area contributed by atoms with Crippen molar-refractivity contribution >= 4 is 27.5 Å². The molecule has 3 aromatic heterocycles. The van der Waals surface area contributed by atoms with Crippen LogP contribution in [0.2, 0.25) is 0 Å². The number of hydrogen-bond donors (Lipinski definition) is 1. The van der Waals surface area contributed by atoms with E-state index in [2.05, 4.69) is 20.1 Å². The number of fused-ring (bicyclic) bond motifs is 4. The molecular formula is C28H30N6O4S. The molecule has 1 N–H and O–H groups in total. The second-order valence-electron chi connectivity index (χ2n) is 10.4. The summed E-state index contributed by atoms with van der Waals surface area (Å²) in [6, 6.07) is 13.0. The zero-order valence-corrected chi connectivity index (χ0v) is 22.7. The molecule has 11 heteroatoms. The maximum absolute atomic E-state index is 13.8. The fourth-order valence-electron chi connectivity index (χ4n) is 5.84. The summed E-state index contributed by atoms with van der Waals surface area (Å²) in [6.45, 7) is 5.18. The first kappa shape index (κ1) is 25.4. The molecule has 0 unspecified atom stereocenters. The number of anilines is 1. The number of carboxylic acids is 1. The van der Waals surface area contributed by atoms with E-state index in [1.807, 2.05) is 54.8 Å². The number of nitrogens with zero attached hydrogens (tertiary/aromatic N) is 6. The summed E-state index contributed by atoms with van der Waals surface area (Å²) >= 11 is 0. The highest BCUT2D eigenvalue weighted by Crippen LogP contribution is 2.37. The van der Waals surface area contributed by atoms with Gasteiger partial charge >= 0.3 is 5.97 Å². The van der Waals surface area contributed by atoms with E-state index in [1.54, 1.807) is 22.6 Å². The van der Waals surface area contributed by atoms with Crippen molar-refractivity contribution in [1.82, 2.24) is 23.9 Å². The molecule has 1 fully saturated rings. The SMILES string of the molecule is Cc1ccc([C@H](CC(=O)O)c2ccn3c(C)nnc3c2)cc1CN1C[C@H]2CCCN2c2ncccc2S1(=O)=O. The number of benzene rings is 1. The Bertz CT molecular complexity index is 1680. The van der Waals surface area contributed by atoms with Crippen molar-refractivity contribution in [2.45, 2.75) is 56.5 Å². The van der Waals surface area contributed by atoms with E-state index in [-0.39, 0.29) is 23.9 Å². The number of pyridine rings is 2. The van der Waals surface area contributed by atoms with Crippen LogP contribution < -0.4 is 4.90 Å². The molecule has 0 radical (unpaired) electrons. The summed E-state index contributed by atoms with van der Waals surface area (Å²) in [5.74, 6) is -0.0613. The molecule has 0 amide bonds. The number of rotatable bonds is 6. The molecule has 1 saturated heterocycles. The maximum Gasteiger partial charge on any atom is 0.304 e. The summed E-state index contributed by atoms with van der Waals surface area (Å²) in [6.07, 6.45) is 5.30. The zero-order valence-electron chi connectivity index (χ0n) is 21.9. The molecule has 2 atom stereocenters. The Balaban J connectivity index is 1.38. The Morgan fingerprint density at radius 2 is 1.95 bits per heavy atom. The summed E-state index contributed by atoms with van der Waals surface area (Å²) in [7, 11) is -3.79. The number of carbonyl (C=O) groups is 1. The number of aliphatic carboxylic acids is 1. The Kier molecular flexibility index (Phi) is 6.35. The van der Waals surface area contributed by atoms with Gasteiger partial charge < -0.3 is 10.0 Å². The van der Waals surface area contributed by atoms with Gasteiger partial charge in [0.1, 0.15) is 16.5 Å². The molecule has 4 aromatic rings. The number of hydrogen-bond acceptors (Lipinski definition) is 7. The van der Waals surface area contributed by atoms with Crippen LogP contribution in [-0.4, -0.2) is 62.5 Å². The lowest BCUT2D eigenvalue weighted by atomic mass is 9.87. The zero-order chi connectivity index (χ0) is 27.3. The van der Waals surface area contributed by atoms with Crippen LogP contribution in [0.4, 0.5) is 5.82 Å². The summed E-state index contributed by atoms with van der Waals surface area (Å²) in [5, 5.41) is 18.1. The van der Waals surface area contributed by atoms with Crippen LogP contribution in [0.1, 0.15) is 53.3 Å². The smallest absolute Gasteiger partial charge is 0.304 e. The first-order chi connectivity index (χ1) is 18.7.